The van der Waals surface area contributed by atoms with E-state index in [4.69, 9.17) is 5.73 Å². The van der Waals surface area contributed by atoms with Crippen molar-refractivity contribution in [2.45, 2.75) is 32.1 Å². The molecule has 1 aromatic carbocycles. The Bertz CT molecular complexity index is 289. The molecule has 1 saturated carbocycles. The van der Waals surface area contributed by atoms with Gasteiger partial charge < -0.3 is 5.73 Å². The third kappa shape index (κ3) is 2.36. The van der Waals surface area contributed by atoms with E-state index < -0.39 is 0 Å². The zero-order valence-corrected chi connectivity index (χ0v) is 8.71. The van der Waals surface area contributed by atoms with Crippen LogP contribution in [-0.2, 0) is 12.8 Å². The molecule has 1 aliphatic carbocycles. The summed E-state index contributed by atoms with van der Waals surface area (Å²) < 4.78 is 0. The van der Waals surface area contributed by atoms with Crippen LogP contribution >= 0.6 is 0 Å². The molecule has 0 radical (unpaired) electrons. The van der Waals surface area contributed by atoms with Gasteiger partial charge in [0.2, 0.25) is 0 Å². The molecule has 0 amide bonds. The van der Waals surface area contributed by atoms with Crippen LogP contribution in [0.3, 0.4) is 0 Å². The molecule has 1 fully saturated rings. The lowest BCUT2D eigenvalue weighted by atomic mass is 9.81. The number of hydrogen-bond acceptors (Lipinski definition) is 1. The van der Waals surface area contributed by atoms with Crippen LogP contribution in [0.15, 0.2) is 24.3 Å². The SMILES string of the molecule is NCCc1cccc(CC2CCC2)c1. The summed E-state index contributed by atoms with van der Waals surface area (Å²) in [6.07, 6.45) is 6.59. The first-order valence-corrected chi connectivity index (χ1v) is 5.66. The standard InChI is InChI=1S/C13H19N/c14-8-7-12-5-2-6-13(10-12)9-11-3-1-4-11/h2,5-6,10-11H,1,3-4,7-9,14H2. The molecule has 2 rings (SSSR count). The summed E-state index contributed by atoms with van der Waals surface area (Å²) >= 11 is 0. The Morgan fingerprint density at radius 3 is 2.64 bits per heavy atom. The van der Waals surface area contributed by atoms with E-state index in [0.717, 1.165) is 18.9 Å². The molecule has 0 atom stereocenters. The fraction of sp³-hybridized carbons (Fsp3) is 0.538. The van der Waals surface area contributed by atoms with Gasteiger partial charge in [0.15, 0.2) is 0 Å². The van der Waals surface area contributed by atoms with Gasteiger partial charge in [0.05, 0.1) is 0 Å². The molecule has 14 heavy (non-hydrogen) atoms. The molecule has 0 unspecified atom stereocenters. The van der Waals surface area contributed by atoms with Gasteiger partial charge in [-0.25, -0.2) is 0 Å². The van der Waals surface area contributed by atoms with E-state index in [9.17, 15) is 0 Å². The minimum Gasteiger partial charge on any atom is -0.330 e. The van der Waals surface area contributed by atoms with E-state index in [2.05, 4.69) is 24.3 Å². The van der Waals surface area contributed by atoms with Crippen LogP contribution in [-0.4, -0.2) is 6.54 Å². The second-order valence-corrected chi connectivity index (χ2v) is 4.36. The highest BCUT2D eigenvalue weighted by Gasteiger charge is 2.17. The highest BCUT2D eigenvalue weighted by Crippen LogP contribution is 2.29. The van der Waals surface area contributed by atoms with Gasteiger partial charge in [-0.1, -0.05) is 43.5 Å². The van der Waals surface area contributed by atoms with Crippen LogP contribution < -0.4 is 5.73 Å². The van der Waals surface area contributed by atoms with Gasteiger partial charge in [0.1, 0.15) is 0 Å². The van der Waals surface area contributed by atoms with Crippen LogP contribution in [0.4, 0.5) is 0 Å². The maximum Gasteiger partial charge on any atom is -0.00367 e. The molecular weight excluding hydrogens is 170 g/mol. The lowest BCUT2D eigenvalue weighted by Crippen LogP contribution is -2.13. The van der Waals surface area contributed by atoms with Gasteiger partial charge in [-0.05, 0) is 36.4 Å². The van der Waals surface area contributed by atoms with E-state index in [0.29, 0.717) is 0 Å². The molecule has 0 heterocycles. The largest absolute Gasteiger partial charge is 0.330 e. The lowest BCUT2D eigenvalue weighted by molar-refractivity contribution is 0.314. The predicted octanol–water partition coefficient (Wildman–Crippen LogP) is 2.53. The van der Waals surface area contributed by atoms with Crippen molar-refractivity contribution in [2.24, 2.45) is 11.7 Å². The zero-order valence-electron chi connectivity index (χ0n) is 8.71. The minimum atomic E-state index is 0.757. The van der Waals surface area contributed by atoms with Gasteiger partial charge in [0.25, 0.3) is 0 Å². The zero-order chi connectivity index (χ0) is 9.80. The van der Waals surface area contributed by atoms with E-state index in [1.165, 1.54) is 36.8 Å². The van der Waals surface area contributed by atoms with E-state index in [-0.39, 0.29) is 0 Å². The van der Waals surface area contributed by atoms with Gasteiger partial charge in [-0.15, -0.1) is 0 Å². The van der Waals surface area contributed by atoms with Crippen LogP contribution in [0.5, 0.6) is 0 Å². The fourth-order valence-corrected chi connectivity index (χ4v) is 2.11. The molecule has 0 aliphatic heterocycles. The number of rotatable bonds is 4. The Labute approximate surface area is 86.3 Å². The lowest BCUT2D eigenvalue weighted by Gasteiger charge is -2.25. The maximum absolute atomic E-state index is 5.55. The van der Waals surface area contributed by atoms with Crippen molar-refractivity contribution in [1.29, 1.82) is 0 Å². The Kier molecular flexibility index (Phi) is 3.20. The average molecular weight is 189 g/mol. The van der Waals surface area contributed by atoms with Crippen LogP contribution in [0.1, 0.15) is 30.4 Å². The van der Waals surface area contributed by atoms with Crippen molar-refractivity contribution >= 4 is 0 Å². The molecule has 0 spiro atoms. The molecule has 0 aromatic heterocycles. The van der Waals surface area contributed by atoms with Crippen molar-refractivity contribution in [1.82, 2.24) is 0 Å². The molecule has 1 aliphatic rings. The van der Waals surface area contributed by atoms with Gasteiger partial charge in [-0.2, -0.15) is 0 Å². The normalized spacial score (nSPS) is 16.6. The van der Waals surface area contributed by atoms with Crippen molar-refractivity contribution < 1.29 is 0 Å². The molecular formula is C13H19N. The quantitative estimate of drug-likeness (QED) is 0.774. The summed E-state index contributed by atoms with van der Waals surface area (Å²) in [7, 11) is 0. The van der Waals surface area contributed by atoms with Crippen molar-refractivity contribution in [3.8, 4) is 0 Å². The van der Waals surface area contributed by atoms with Crippen molar-refractivity contribution in [2.75, 3.05) is 6.54 Å². The van der Waals surface area contributed by atoms with Crippen LogP contribution in [0.25, 0.3) is 0 Å². The minimum absolute atomic E-state index is 0.757. The monoisotopic (exact) mass is 189 g/mol. The molecule has 0 saturated heterocycles. The molecule has 1 nitrogen and oxygen atoms in total. The second kappa shape index (κ2) is 4.61. The molecule has 1 heteroatoms. The number of benzene rings is 1. The molecule has 76 valence electrons. The molecule has 2 N–H and O–H groups in total. The highest BCUT2D eigenvalue weighted by molar-refractivity contribution is 5.24. The topological polar surface area (TPSA) is 26.0 Å². The first-order chi connectivity index (χ1) is 6.88. The third-order valence-electron chi connectivity index (χ3n) is 3.17. The average Bonchev–Trinajstić information content (AvgIpc) is 2.13. The molecule has 1 aromatic rings. The van der Waals surface area contributed by atoms with Crippen molar-refractivity contribution in [3.63, 3.8) is 0 Å². The predicted molar refractivity (Wildman–Crippen MR) is 60.2 cm³/mol. The fourth-order valence-electron chi connectivity index (χ4n) is 2.11. The van der Waals surface area contributed by atoms with Gasteiger partial charge in [0, 0.05) is 0 Å². The summed E-state index contributed by atoms with van der Waals surface area (Å²) in [4.78, 5) is 0. The van der Waals surface area contributed by atoms with E-state index in [1.54, 1.807) is 0 Å². The van der Waals surface area contributed by atoms with Gasteiger partial charge >= 0.3 is 0 Å². The summed E-state index contributed by atoms with van der Waals surface area (Å²) in [6.45, 7) is 0.757. The third-order valence-corrected chi connectivity index (χ3v) is 3.17. The number of nitrogens with two attached hydrogens (primary N) is 1. The second-order valence-electron chi connectivity index (χ2n) is 4.36. The van der Waals surface area contributed by atoms with E-state index >= 15 is 0 Å². The summed E-state index contributed by atoms with van der Waals surface area (Å²) in [5, 5.41) is 0. The first-order valence-electron chi connectivity index (χ1n) is 5.66. The Morgan fingerprint density at radius 2 is 2.00 bits per heavy atom. The first kappa shape index (κ1) is 9.72. The summed E-state index contributed by atoms with van der Waals surface area (Å²) in [6, 6.07) is 8.92. The highest BCUT2D eigenvalue weighted by atomic mass is 14.5. The Hall–Kier alpha value is -0.820. The maximum atomic E-state index is 5.55. The van der Waals surface area contributed by atoms with Crippen LogP contribution in [0.2, 0.25) is 0 Å². The number of hydrogen-bond donors (Lipinski definition) is 1. The Morgan fingerprint density at radius 1 is 1.21 bits per heavy atom. The van der Waals surface area contributed by atoms with Crippen molar-refractivity contribution in [3.05, 3.63) is 35.4 Å². The Balaban J connectivity index is 1.97. The van der Waals surface area contributed by atoms with E-state index in [1.807, 2.05) is 0 Å². The summed E-state index contributed by atoms with van der Waals surface area (Å²) in [5.41, 5.74) is 8.44. The summed E-state index contributed by atoms with van der Waals surface area (Å²) in [5.74, 6) is 0.961. The van der Waals surface area contributed by atoms with Gasteiger partial charge in [-0.3, -0.25) is 0 Å². The smallest absolute Gasteiger partial charge is 0.00367 e. The van der Waals surface area contributed by atoms with Crippen LogP contribution in [0, 0.1) is 5.92 Å². The molecule has 0 bridgehead atoms.